The number of hydrogen-bond acceptors (Lipinski definition) is 7. The standard InChI is InChI=1S/C28H26ClN3O6S/c1-16-13-22-20(15-21(16)29)26(33)24-25(32(28(34)27(24)37-22)23-14-17(2)38-30-23)18-7-9-19(10-8-18)39(35,36)31-11-5-3-4-6-12-31/h7-10,13-15,25H,3-6,11-12H2,1-2H3. The van der Waals surface area contributed by atoms with Crippen molar-refractivity contribution in [2.75, 3.05) is 18.0 Å². The Bertz CT molecular complexity index is 1770. The van der Waals surface area contributed by atoms with Crippen molar-refractivity contribution in [3.05, 3.63) is 85.9 Å². The van der Waals surface area contributed by atoms with Gasteiger partial charge in [0, 0.05) is 24.2 Å². The van der Waals surface area contributed by atoms with Gasteiger partial charge in [-0.2, -0.15) is 4.31 Å². The van der Waals surface area contributed by atoms with E-state index in [-0.39, 0.29) is 33.0 Å². The van der Waals surface area contributed by atoms with Gasteiger partial charge in [0.15, 0.2) is 11.2 Å². The fourth-order valence-electron chi connectivity index (χ4n) is 5.37. The summed E-state index contributed by atoms with van der Waals surface area (Å²) in [6.45, 7) is 4.46. The van der Waals surface area contributed by atoms with E-state index in [0.717, 1.165) is 25.7 Å². The number of anilines is 1. The molecule has 4 heterocycles. The number of fused-ring (bicyclic) bond motifs is 2. The molecule has 1 atom stereocenters. The maximum Gasteiger partial charge on any atom is 0.296 e. The molecule has 0 aliphatic carbocycles. The van der Waals surface area contributed by atoms with Crippen molar-refractivity contribution in [3.63, 3.8) is 0 Å². The number of benzene rings is 2. The first-order valence-electron chi connectivity index (χ1n) is 12.8. The number of carbonyl (C=O) groups excluding carboxylic acids is 1. The second kappa shape index (κ2) is 9.62. The Balaban J connectivity index is 1.49. The monoisotopic (exact) mass is 567 g/mol. The molecule has 1 saturated heterocycles. The van der Waals surface area contributed by atoms with Crippen molar-refractivity contribution in [2.24, 2.45) is 0 Å². The van der Waals surface area contributed by atoms with Crippen LogP contribution in [0, 0.1) is 13.8 Å². The van der Waals surface area contributed by atoms with E-state index >= 15 is 0 Å². The molecule has 0 N–H and O–H groups in total. The van der Waals surface area contributed by atoms with Gasteiger partial charge in [0.25, 0.3) is 5.91 Å². The highest BCUT2D eigenvalue weighted by atomic mass is 35.5. The van der Waals surface area contributed by atoms with Gasteiger partial charge in [-0.1, -0.05) is 41.7 Å². The largest absolute Gasteiger partial charge is 0.450 e. The summed E-state index contributed by atoms with van der Waals surface area (Å²) in [5.41, 5.74) is 1.23. The minimum absolute atomic E-state index is 0.0962. The Kier molecular flexibility index (Phi) is 6.36. The Morgan fingerprint density at radius 1 is 0.974 bits per heavy atom. The van der Waals surface area contributed by atoms with Crippen LogP contribution in [-0.4, -0.2) is 36.9 Å². The lowest BCUT2D eigenvalue weighted by atomic mass is 9.98. The zero-order valence-corrected chi connectivity index (χ0v) is 23.0. The normalized spacial score (nSPS) is 18.5. The molecular formula is C28H26ClN3O6S. The molecule has 4 aromatic rings. The van der Waals surface area contributed by atoms with Crippen molar-refractivity contribution >= 4 is 44.3 Å². The molecule has 0 radical (unpaired) electrons. The third-order valence-corrected chi connectivity index (χ3v) is 9.73. The van der Waals surface area contributed by atoms with Crippen LogP contribution in [0.3, 0.4) is 0 Å². The van der Waals surface area contributed by atoms with Crippen LogP contribution < -0.4 is 10.3 Å². The summed E-state index contributed by atoms with van der Waals surface area (Å²) in [7, 11) is -3.67. The molecule has 2 aliphatic rings. The summed E-state index contributed by atoms with van der Waals surface area (Å²) in [4.78, 5) is 29.0. The fraction of sp³-hybridized carbons (Fsp3) is 0.321. The van der Waals surface area contributed by atoms with E-state index in [4.69, 9.17) is 20.5 Å². The van der Waals surface area contributed by atoms with E-state index in [9.17, 15) is 18.0 Å². The topological polar surface area (TPSA) is 114 Å². The molecule has 11 heteroatoms. The first-order chi connectivity index (χ1) is 18.7. The van der Waals surface area contributed by atoms with Crippen LogP contribution in [-0.2, 0) is 10.0 Å². The molecule has 39 heavy (non-hydrogen) atoms. The maximum atomic E-state index is 13.8. The van der Waals surface area contributed by atoms with Gasteiger partial charge in [0.2, 0.25) is 15.8 Å². The summed E-state index contributed by atoms with van der Waals surface area (Å²) in [6.07, 6.45) is 3.69. The molecule has 2 aromatic heterocycles. The zero-order valence-electron chi connectivity index (χ0n) is 21.4. The van der Waals surface area contributed by atoms with Crippen LogP contribution in [0.25, 0.3) is 11.0 Å². The molecule has 0 spiro atoms. The lowest BCUT2D eigenvalue weighted by Gasteiger charge is -2.23. The molecule has 202 valence electrons. The van der Waals surface area contributed by atoms with Crippen LogP contribution >= 0.6 is 11.6 Å². The van der Waals surface area contributed by atoms with Crippen LogP contribution in [0.4, 0.5) is 5.82 Å². The molecule has 0 bridgehead atoms. The van der Waals surface area contributed by atoms with Gasteiger partial charge in [-0.05, 0) is 62.1 Å². The number of hydrogen-bond donors (Lipinski definition) is 0. The highest BCUT2D eigenvalue weighted by Crippen LogP contribution is 2.41. The second-order valence-electron chi connectivity index (χ2n) is 10.0. The van der Waals surface area contributed by atoms with Crippen LogP contribution in [0.2, 0.25) is 5.02 Å². The van der Waals surface area contributed by atoms with E-state index in [1.165, 1.54) is 21.3 Å². The number of halogens is 1. The zero-order chi connectivity index (χ0) is 27.5. The molecule has 6 rings (SSSR count). The van der Waals surface area contributed by atoms with E-state index in [0.29, 0.717) is 35.0 Å². The molecule has 1 unspecified atom stereocenters. The number of carbonyl (C=O) groups is 1. The lowest BCUT2D eigenvalue weighted by Crippen LogP contribution is -2.32. The molecule has 0 saturated carbocycles. The number of sulfonamides is 1. The van der Waals surface area contributed by atoms with Crippen molar-refractivity contribution in [1.82, 2.24) is 9.46 Å². The van der Waals surface area contributed by atoms with Gasteiger partial charge in [-0.15, -0.1) is 0 Å². The number of aryl methyl sites for hydroxylation is 2. The molecule has 2 aliphatic heterocycles. The SMILES string of the molecule is Cc1cc(N2C(=O)c3oc4cc(C)c(Cl)cc4c(=O)c3C2c2ccc(S(=O)(=O)N3CCCCCC3)cc2)no1. The molecule has 1 amide bonds. The van der Waals surface area contributed by atoms with Crippen LogP contribution in [0.15, 0.2) is 61.1 Å². The van der Waals surface area contributed by atoms with Crippen molar-refractivity contribution < 1.29 is 22.2 Å². The lowest BCUT2D eigenvalue weighted by molar-refractivity contribution is 0.0969. The van der Waals surface area contributed by atoms with E-state index < -0.39 is 27.4 Å². The van der Waals surface area contributed by atoms with Gasteiger partial charge in [-0.25, -0.2) is 8.42 Å². The summed E-state index contributed by atoms with van der Waals surface area (Å²) < 4.78 is 39.4. The number of amides is 1. The average molecular weight is 568 g/mol. The Labute approximate surface area is 230 Å². The predicted molar refractivity (Wildman–Crippen MR) is 146 cm³/mol. The van der Waals surface area contributed by atoms with Crippen molar-refractivity contribution in [3.8, 4) is 0 Å². The minimum Gasteiger partial charge on any atom is -0.450 e. The Morgan fingerprint density at radius 2 is 1.67 bits per heavy atom. The first kappa shape index (κ1) is 25.8. The van der Waals surface area contributed by atoms with Crippen LogP contribution in [0.1, 0.15) is 64.7 Å². The quantitative estimate of drug-likeness (QED) is 0.326. The molecule has 9 nitrogen and oxygen atoms in total. The molecule has 1 fully saturated rings. The van der Waals surface area contributed by atoms with Crippen molar-refractivity contribution in [2.45, 2.75) is 50.5 Å². The fourth-order valence-corrected chi connectivity index (χ4v) is 7.05. The third-order valence-electron chi connectivity index (χ3n) is 7.41. The smallest absolute Gasteiger partial charge is 0.296 e. The number of nitrogens with zero attached hydrogens (tertiary/aromatic N) is 3. The predicted octanol–water partition coefficient (Wildman–Crippen LogP) is 5.37. The highest BCUT2D eigenvalue weighted by molar-refractivity contribution is 7.89. The van der Waals surface area contributed by atoms with Crippen molar-refractivity contribution in [1.29, 1.82) is 0 Å². The Morgan fingerprint density at radius 3 is 2.31 bits per heavy atom. The summed E-state index contributed by atoms with van der Waals surface area (Å²) in [5, 5.41) is 4.68. The molecular weight excluding hydrogens is 542 g/mol. The number of aromatic nitrogens is 1. The summed E-state index contributed by atoms with van der Waals surface area (Å²) >= 11 is 6.31. The van der Waals surface area contributed by atoms with Gasteiger partial charge in [0.1, 0.15) is 11.3 Å². The van der Waals surface area contributed by atoms with Gasteiger partial charge in [-0.3, -0.25) is 14.5 Å². The van der Waals surface area contributed by atoms with E-state index in [1.54, 1.807) is 44.2 Å². The highest BCUT2D eigenvalue weighted by Gasteiger charge is 2.45. The Hall–Kier alpha value is -3.47. The minimum atomic E-state index is -3.67. The van der Waals surface area contributed by atoms with Crippen LogP contribution in [0.5, 0.6) is 0 Å². The van der Waals surface area contributed by atoms with E-state index in [2.05, 4.69) is 5.16 Å². The third kappa shape index (κ3) is 4.27. The first-order valence-corrected chi connectivity index (χ1v) is 14.6. The summed E-state index contributed by atoms with van der Waals surface area (Å²) in [5.74, 6) is 0.0587. The summed E-state index contributed by atoms with van der Waals surface area (Å²) in [6, 6.07) is 10.2. The maximum absolute atomic E-state index is 13.8. The molecule has 2 aromatic carbocycles. The average Bonchev–Trinajstić information content (AvgIpc) is 3.32. The van der Waals surface area contributed by atoms with Gasteiger partial charge < -0.3 is 8.94 Å². The number of rotatable bonds is 4. The van der Waals surface area contributed by atoms with Gasteiger partial charge >= 0.3 is 0 Å². The van der Waals surface area contributed by atoms with E-state index in [1.807, 2.05) is 0 Å². The van der Waals surface area contributed by atoms with Gasteiger partial charge in [0.05, 0.1) is 21.9 Å². The second-order valence-corrected chi connectivity index (χ2v) is 12.4.